The monoisotopic (exact) mass is 336 g/mol. The van der Waals surface area contributed by atoms with Crippen LogP contribution in [-0.2, 0) is 0 Å². The van der Waals surface area contributed by atoms with Gasteiger partial charge >= 0.3 is 0 Å². The Morgan fingerprint density at radius 3 is 2.75 bits per heavy atom. The molecule has 0 aliphatic heterocycles. The third-order valence-electron chi connectivity index (χ3n) is 3.20. The van der Waals surface area contributed by atoms with Crippen LogP contribution in [0.2, 0.25) is 0 Å². The van der Waals surface area contributed by atoms with Crippen molar-refractivity contribution in [1.29, 1.82) is 0 Å². The molecule has 0 aliphatic carbocycles. The van der Waals surface area contributed by atoms with Gasteiger partial charge in [-0.05, 0) is 46.6 Å². The Balaban J connectivity index is 2.38. The second-order valence-electron chi connectivity index (χ2n) is 4.44. The number of ether oxygens (including phenoxy) is 1. The van der Waals surface area contributed by atoms with Crippen LogP contribution < -0.4 is 4.74 Å². The molecule has 1 aromatic heterocycles. The first-order valence-electron chi connectivity index (χ1n) is 6.47. The number of methoxy groups -OCH3 is 1. The van der Waals surface area contributed by atoms with Crippen LogP contribution in [0.4, 0.5) is 0 Å². The molecule has 0 radical (unpaired) electrons. The van der Waals surface area contributed by atoms with Crippen molar-refractivity contribution in [3.05, 3.63) is 40.8 Å². The lowest BCUT2D eigenvalue weighted by atomic mass is 10.1. The zero-order chi connectivity index (χ0) is 14.5. The van der Waals surface area contributed by atoms with Crippen LogP contribution in [0.5, 0.6) is 5.75 Å². The molecular weight excluding hydrogens is 320 g/mol. The maximum atomic E-state index is 9.35. The van der Waals surface area contributed by atoms with Gasteiger partial charge in [-0.25, -0.2) is 9.97 Å². The maximum Gasteiger partial charge on any atom is 0.134 e. The lowest BCUT2D eigenvalue weighted by Gasteiger charge is -2.11. The number of benzene rings is 1. The van der Waals surface area contributed by atoms with E-state index in [1.165, 1.54) is 0 Å². The summed E-state index contributed by atoms with van der Waals surface area (Å²) in [7, 11) is 1.63. The van der Waals surface area contributed by atoms with Gasteiger partial charge in [0, 0.05) is 17.7 Å². The van der Waals surface area contributed by atoms with Gasteiger partial charge < -0.3 is 9.84 Å². The van der Waals surface area contributed by atoms with Gasteiger partial charge in [-0.1, -0.05) is 6.92 Å². The number of aromatic nitrogens is 2. The molecule has 0 saturated carbocycles. The molecule has 5 heteroatoms. The normalized spacial score (nSPS) is 12.2. The number of aliphatic hydroxyl groups excluding tert-OH is 1. The van der Waals surface area contributed by atoms with Crippen molar-refractivity contribution in [2.24, 2.45) is 0 Å². The van der Waals surface area contributed by atoms with E-state index in [2.05, 4.69) is 25.9 Å². The molecule has 0 spiro atoms. The zero-order valence-corrected chi connectivity index (χ0v) is 13.1. The summed E-state index contributed by atoms with van der Waals surface area (Å²) in [6.07, 6.45) is 2.54. The average molecular weight is 337 g/mol. The number of aliphatic hydroxyl groups is 1. The molecular formula is C15H17BrN2O2. The van der Waals surface area contributed by atoms with Crippen LogP contribution >= 0.6 is 15.9 Å². The van der Waals surface area contributed by atoms with E-state index in [0.29, 0.717) is 5.82 Å². The second-order valence-corrected chi connectivity index (χ2v) is 5.29. The zero-order valence-electron chi connectivity index (χ0n) is 11.5. The van der Waals surface area contributed by atoms with Crippen molar-refractivity contribution >= 4 is 15.9 Å². The van der Waals surface area contributed by atoms with Gasteiger partial charge in [0.1, 0.15) is 11.6 Å². The Bertz CT molecular complexity index is 586. The van der Waals surface area contributed by atoms with E-state index in [1.807, 2.05) is 31.2 Å². The first-order valence-corrected chi connectivity index (χ1v) is 7.26. The largest absolute Gasteiger partial charge is 0.496 e. The van der Waals surface area contributed by atoms with Crippen molar-refractivity contribution in [2.75, 3.05) is 13.7 Å². The minimum absolute atomic E-state index is 0.0170. The standard InChI is InChI=1S/C15H17BrN2O2/c1-3-10(9-19)15-17-7-6-13(18-15)11-4-5-14(20-2)12(16)8-11/h4-8,10,19H,3,9H2,1-2H3. The van der Waals surface area contributed by atoms with Gasteiger partial charge in [0.15, 0.2) is 0 Å². The highest BCUT2D eigenvalue weighted by Gasteiger charge is 2.12. The smallest absolute Gasteiger partial charge is 0.134 e. The Labute approximate surface area is 127 Å². The van der Waals surface area contributed by atoms with Crippen molar-refractivity contribution in [2.45, 2.75) is 19.3 Å². The van der Waals surface area contributed by atoms with E-state index in [4.69, 9.17) is 4.74 Å². The topological polar surface area (TPSA) is 55.2 Å². The van der Waals surface area contributed by atoms with Crippen LogP contribution in [0.3, 0.4) is 0 Å². The molecule has 1 N–H and O–H groups in total. The number of halogens is 1. The fourth-order valence-corrected chi connectivity index (χ4v) is 2.49. The van der Waals surface area contributed by atoms with Crippen molar-refractivity contribution < 1.29 is 9.84 Å². The fourth-order valence-electron chi connectivity index (χ4n) is 1.95. The molecule has 0 aliphatic rings. The van der Waals surface area contributed by atoms with Gasteiger partial charge in [-0.2, -0.15) is 0 Å². The van der Waals surface area contributed by atoms with Gasteiger partial charge in [0.25, 0.3) is 0 Å². The second kappa shape index (κ2) is 6.81. The van der Waals surface area contributed by atoms with Crippen LogP contribution in [0.15, 0.2) is 34.9 Å². The van der Waals surface area contributed by atoms with Crippen molar-refractivity contribution in [3.8, 4) is 17.0 Å². The minimum Gasteiger partial charge on any atom is -0.496 e. The molecule has 0 saturated heterocycles. The Hall–Kier alpha value is -1.46. The molecule has 4 nitrogen and oxygen atoms in total. The minimum atomic E-state index is -0.0170. The first kappa shape index (κ1) is 14.9. The van der Waals surface area contributed by atoms with Crippen LogP contribution in [0.1, 0.15) is 25.1 Å². The maximum absolute atomic E-state index is 9.35. The molecule has 1 heterocycles. The van der Waals surface area contributed by atoms with Gasteiger partial charge in [-0.3, -0.25) is 0 Å². The molecule has 2 aromatic rings. The lowest BCUT2D eigenvalue weighted by molar-refractivity contribution is 0.257. The molecule has 1 unspecified atom stereocenters. The molecule has 0 fully saturated rings. The number of rotatable bonds is 5. The lowest BCUT2D eigenvalue weighted by Crippen LogP contribution is -2.08. The quantitative estimate of drug-likeness (QED) is 0.909. The van der Waals surface area contributed by atoms with E-state index in [9.17, 15) is 5.11 Å². The summed E-state index contributed by atoms with van der Waals surface area (Å²) in [5, 5.41) is 9.35. The van der Waals surface area contributed by atoms with Crippen LogP contribution in [0.25, 0.3) is 11.3 Å². The third kappa shape index (κ3) is 3.16. The van der Waals surface area contributed by atoms with Crippen molar-refractivity contribution in [1.82, 2.24) is 9.97 Å². The molecule has 2 rings (SSSR count). The molecule has 1 atom stereocenters. The summed E-state index contributed by atoms with van der Waals surface area (Å²) < 4.78 is 6.10. The predicted octanol–water partition coefficient (Wildman–Crippen LogP) is 3.40. The first-order chi connectivity index (χ1) is 9.69. The van der Waals surface area contributed by atoms with Gasteiger partial charge in [0.05, 0.1) is 23.9 Å². The average Bonchev–Trinajstić information content (AvgIpc) is 2.49. The summed E-state index contributed by atoms with van der Waals surface area (Å²) in [6.45, 7) is 2.08. The summed E-state index contributed by atoms with van der Waals surface area (Å²) in [5.74, 6) is 1.45. The van der Waals surface area contributed by atoms with E-state index in [-0.39, 0.29) is 12.5 Å². The highest BCUT2D eigenvalue weighted by Crippen LogP contribution is 2.30. The number of nitrogens with zero attached hydrogens (tertiary/aromatic N) is 2. The Morgan fingerprint density at radius 1 is 1.35 bits per heavy atom. The molecule has 1 aromatic carbocycles. The number of hydrogen-bond donors (Lipinski definition) is 1. The van der Waals surface area contributed by atoms with Crippen LogP contribution in [-0.4, -0.2) is 28.8 Å². The Kier molecular flexibility index (Phi) is 5.09. The van der Waals surface area contributed by atoms with Gasteiger partial charge in [0.2, 0.25) is 0 Å². The van der Waals surface area contributed by atoms with Gasteiger partial charge in [-0.15, -0.1) is 0 Å². The third-order valence-corrected chi connectivity index (χ3v) is 3.82. The number of hydrogen-bond acceptors (Lipinski definition) is 4. The molecule has 0 amide bonds. The van der Waals surface area contributed by atoms with E-state index >= 15 is 0 Å². The SMILES string of the molecule is CCC(CO)c1nccc(-c2ccc(OC)c(Br)c2)n1. The Morgan fingerprint density at radius 2 is 2.15 bits per heavy atom. The van der Waals surface area contributed by atoms with Crippen LogP contribution in [0, 0.1) is 0 Å². The highest BCUT2D eigenvalue weighted by atomic mass is 79.9. The molecule has 0 bridgehead atoms. The van der Waals surface area contributed by atoms with E-state index in [0.717, 1.165) is 27.9 Å². The van der Waals surface area contributed by atoms with E-state index < -0.39 is 0 Å². The fraction of sp³-hybridized carbons (Fsp3) is 0.333. The molecule has 20 heavy (non-hydrogen) atoms. The summed E-state index contributed by atoms with van der Waals surface area (Å²) in [5.41, 5.74) is 1.82. The van der Waals surface area contributed by atoms with Crippen molar-refractivity contribution in [3.63, 3.8) is 0 Å². The summed E-state index contributed by atoms with van der Waals surface area (Å²) >= 11 is 3.47. The summed E-state index contributed by atoms with van der Waals surface area (Å²) in [6, 6.07) is 7.67. The van der Waals surface area contributed by atoms with E-state index in [1.54, 1.807) is 13.3 Å². The highest BCUT2D eigenvalue weighted by molar-refractivity contribution is 9.10. The molecule has 106 valence electrons. The predicted molar refractivity (Wildman–Crippen MR) is 81.8 cm³/mol. The summed E-state index contributed by atoms with van der Waals surface area (Å²) in [4.78, 5) is 8.80.